The fourth-order valence-electron chi connectivity index (χ4n) is 1.60. The topological polar surface area (TPSA) is 26.3 Å². The Bertz CT molecular complexity index is 261. The van der Waals surface area contributed by atoms with Crippen LogP contribution in [0.25, 0.3) is 0 Å². The van der Waals surface area contributed by atoms with Gasteiger partial charge in [-0.25, -0.2) is 4.79 Å². The summed E-state index contributed by atoms with van der Waals surface area (Å²) in [5.41, 5.74) is 1.06. The van der Waals surface area contributed by atoms with Crippen molar-refractivity contribution in [2.75, 3.05) is 0 Å². The summed E-state index contributed by atoms with van der Waals surface area (Å²) in [6.45, 7) is 4.09. The highest BCUT2D eigenvalue weighted by molar-refractivity contribution is 5.88. The average molecular weight is 194 g/mol. The Hall–Kier alpha value is -1.05. The Morgan fingerprint density at radius 3 is 2.79 bits per heavy atom. The molecular weight excluding hydrogens is 176 g/mol. The molecule has 14 heavy (non-hydrogen) atoms. The molecule has 0 spiro atoms. The van der Waals surface area contributed by atoms with Crippen molar-refractivity contribution in [1.82, 2.24) is 0 Å². The van der Waals surface area contributed by atoms with Crippen LogP contribution in [0.2, 0.25) is 0 Å². The summed E-state index contributed by atoms with van der Waals surface area (Å²) < 4.78 is 5.01. The predicted octanol–water partition coefficient (Wildman–Crippen LogP) is 3.34. The Kier molecular flexibility index (Phi) is 4.44. The van der Waals surface area contributed by atoms with Crippen molar-refractivity contribution in [2.24, 2.45) is 0 Å². The van der Waals surface area contributed by atoms with Gasteiger partial charge in [-0.1, -0.05) is 26.2 Å². The van der Waals surface area contributed by atoms with Crippen LogP contribution in [-0.4, -0.2) is 5.97 Å². The molecule has 0 aliphatic carbocycles. The number of carbonyl (C=O) groups excluding carboxylic acids is 1. The zero-order valence-electron chi connectivity index (χ0n) is 9.01. The monoisotopic (exact) mass is 194 g/mol. The number of esters is 1. The van der Waals surface area contributed by atoms with E-state index >= 15 is 0 Å². The second-order valence-electron chi connectivity index (χ2n) is 3.55. The molecule has 0 N–H and O–H groups in total. The molecule has 78 valence electrons. The minimum Gasteiger partial charge on any atom is -0.423 e. The van der Waals surface area contributed by atoms with E-state index in [1.54, 1.807) is 6.08 Å². The molecule has 2 nitrogen and oxygen atoms in total. The highest BCUT2D eigenvalue weighted by Gasteiger charge is 2.18. The summed E-state index contributed by atoms with van der Waals surface area (Å²) >= 11 is 0. The van der Waals surface area contributed by atoms with Crippen LogP contribution in [0.5, 0.6) is 0 Å². The van der Waals surface area contributed by atoms with E-state index in [-0.39, 0.29) is 5.97 Å². The molecule has 0 amide bonds. The summed E-state index contributed by atoms with van der Waals surface area (Å²) in [4.78, 5) is 11.0. The summed E-state index contributed by atoms with van der Waals surface area (Å²) in [5.74, 6) is 0.537. The highest BCUT2D eigenvalue weighted by Crippen LogP contribution is 2.24. The van der Waals surface area contributed by atoms with Crippen LogP contribution in [0, 0.1) is 0 Å². The maximum atomic E-state index is 11.0. The molecule has 0 unspecified atom stereocenters. The van der Waals surface area contributed by atoms with Gasteiger partial charge in [0.1, 0.15) is 5.76 Å². The molecule has 0 saturated heterocycles. The number of rotatable bonds is 5. The first-order valence-electron chi connectivity index (χ1n) is 5.37. The standard InChI is InChI=1S/C12H18O2/c1-3-5-6-7-8-10-9-12(13)14-11(10)4-2/h4,9H,3,5-8H2,1-2H3/b11-4-. The number of cyclic esters (lactones) is 1. The van der Waals surface area contributed by atoms with E-state index in [1.165, 1.54) is 19.3 Å². The molecule has 1 aliphatic heterocycles. The first-order valence-corrected chi connectivity index (χ1v) is 5.37. The second-order valence-corrected chi connectivity index (χ2v) is 3.55. The van der Waals surface area contributed by atoms with Gasteiger partial charge in [-0.2, -0.15) is 0 Å². The van der Waals surface area contributed by atoms with Gasteiger partial charge < -0.3 is 4.74 Å². The van der Waals surface area contributed by atoms with Crippen molar-refractivity contribution >= 4 is 5.97 Å². The lowest BCUT2D eigenvalue weighted by molar-refractivity contribution is -0.132. The molecule has 0 fully saturated rings. The maximum absolute atomic E-state index is 11.0. The number of allylic oxidation sites excluding steroid dienone is 2. The molecule has 0 aromatic rings. The van der Waals surface area contributed by atoms with Crippen LogP contribution in [0.1, 0.15) is 46.0 Å². The van der Waals surface area contributed by atoms with Crippen LogP contribution in [0.4, 0.5) is 0 Å². The predicted molar refractivity (Wildman–Crippen MR) is 56.7 cm³/mol. The number of unbranched alkanes of at least 4 members (excludes halogenated alkanes) is 3. The van der Waals surface area contributed by atoms with Gasteiger partial charge >= 0.3 is 5.97 Å². The molecule has 0 saturated carbocycles. The van der Waals surface area contributed by atoms with Crippen molar-refractivity contribution in [3.63, 3.8) is 0 Å². The summed E-state index contributed by atoms with van der Waals surface area (Å²) in [7, 11) is 0. The van der Waals surface area contributed by atoms with Gasteiger partial charge in [0.15, 0.2) is 0 Å². The maximum Gasteiger partial charge on any atom is 0.336 e. The molecule has 1 heterocycles. The van der Waals surface area contributed by atoms with Gasteiger partial charge in [-0.15, -0.1) is 0 Å². The largest absolute Gasteiger partial charge is 0.423 e. The molecule has 0 aromatic carbocycles. The molecule has 0 atom stereocenters. The molecule has 0 aromatic heterocycles. The van der Waals surface area contributed by atoms with E-state index in [1.807, 2.05) is 13.0 Å². The summed E-state index contributed by atoms with van der Waals surface area (Å²) in [5, 5.41) is 0. The molecule has 1 rings (SSSR count). The number of ether oxygens (including phenoxy) is 1. The molecule has 0 bridgehead atoms. The normalized spacial score (nSPS) is 18.6. The number of hydrogen-bond donors (Lipinski definition) is 0. The van der Waals surface area contributed by atoms with Gasteiger partial charge in [-0.3, -0.25) is 0 Å². The smallest absolute Gasteiger partial charge is 0.336 e. The van der Waals surface area contributed by atoms with Crippen molar-refractivity contribution in [2.45, 2.75) is 46.0 Å². The minimum absolute atomic E-state index is 0.219. The fraction of sp³-hybridized carbons (Fsp3) is 0.583. The van der Waals surface area contributed by atoms with E-state index in [4.69, 9.17) is 4.74 Å². The van der Waals surface area contributed by atoms with Crippen molar-refractivity contribution in [3.05, 3.63) is 23.5 Å². The average Bonchev–Trinajstić information content (AvgIpc) is 2.54. The van der Waals surface area contributed by atoms with E-state index in [0.717, 1.165) is 24.2 Å². The van der Waals surface area contributed by atoms with E-state index in [0.29, 0.717) is 0 Å². The van der Waals surface area contributed by atoms with Crippen molar-refractivity contribution < 1.29 is 9.53 Å². The Balaban J connectivity index is 2.36. The Morgan fingerprint density at radius 1 is 1.36 bits per heavy atom. The third kappa shape index (κ3) is 3.02. The Labute approximate surface area is 85.6 Å². The van der Waals surface area contributed by atoms with E-state index in [9.17, 15) is 4.79 Å². The number of hydrogen-bond acceptors (Lipinski definition) is 2. The zero-order chi connectivity index (χ0) is 10.4. The molecule has 0 radical (unpaired) electrons. The van der Waals surface area contributed by atoms with E-state index < -0.39 is 0 Å². The summed E-state index contributed by atoms with van der Waals surface area (Å²) in [6.07, 6.45) is 9.33. The number of carbonyl (C=O) groups is 1. The lowest BCUT2D eigenvalue weighted by Gasteiger charge is -2.02. The van der Waals surface area contributed by atoms with Gasteiger partial charge in [0.25, 0.3) is 0 Å². The SMILES string of the molecule is C/C=C1\OC(=O)C=C1CCCCCC. The van der Waals surface area contributed by atoms with Gasteiger partial charge in [-0.05, 0) is 25.8 Å². The van der Waals surface area contributed by atoms with Crippen LogP contribution in [0.3, 0.4) is 0 Å². The van der Waals surface area contributed by atoms with Crippen LogP contribution in [0.15, 0.2) is 23.5 Å². The van der Waals surface area contributed by atoms with Gasteiger partial charge in [0.2, 0.25) is 0 Å². The quantitative estimate of drug-likeness (QED) is 0.495. The molecule has 1 aliphatic rings. The lowest BCUT2D eigenvalue weighted by Crippen LogP contribution is -1.90. The fourth-order valence-corrected chi connectivity index (χ4v) is 1.60. The third-order valence-electron chi connectivity index (χ3n) is 2.38. The van der Waals surface area contributed by atoms with Crippen molar-refractivity contribution in [3.8, 4) is 0 Å². The van der Waals surface area contributed by atoms with Gasteiger partial charge in [0, 0.05) is 11.6 Å². The van der Waals surface area contributed by atoms with Crippen LogP contribution < -0.4 is 0 Å². The van der Waals surface area contributed by atoms with Gasteiger partial charge in [0.05, 0.1) is 0 Å². The van der Waals surface area contributed by atoms with Crippen LogP contribution >= 0.6 is 0 Å². The van der Waals surface area contributed by atoms with Crippen molar-refractivity contribution in [1.29, 1.82) is 0 Å². The molecular formula is C12H18O2. The lowest BCUT2D eigenvalue weighted by atomic mass is 10.1. The molecule has 2 heteroatoms. The summed E-state index contributed by atoms with van der Waals surface area (Å²) in [6, 6.07) is 0. The zero-order valence-corrected chi connectivity index (χ0v) is 9.01. The van der Waals surface area contributed by atoms with E-state index in [2.05, 4.69) is 6.92 Å². The third-order valence-corrected chi connectivity index (χ3v) is 2.38. The first-order chi connectivity index (χ1) is 6.77. The first kappa shape index (κ1) is 11.0. The van der Waals surface area contributed by atoms with Crippen LogP contribution in [-0.2, 0) is 9.53 Å². The highest BCUT2D eigenvalue weighted by atomic mass is 16.5. The second kappa shape index (κ2) is 5.63. The Morgan fingerprint density at radius 2 is 2.14 bits per heavy atom. The minimum atomic E-state index is -0.219.